The molecule has 0 aliphatic heterocycles. The molecule has 1 aromatic heterocycles. The van der Waals surface area contributed by atoms with Gasteiger partial charge in [-0.15, -0.1) is 0 Å². The average Bonchev–Trinajstić information content (AvgIpc) is 3.50. The Kier molecular flexibility index (Phi) is 4.58. The van der Waals surface area contributed by atoms with Crippen molar-refractivity contribution in [2.45, 2.75) is 19.3 Å². The van der Waals surface area contributed by atoms with Crippen molar-refractivity contribution in [1.29, 1.82) is 0 Å². The molecule has 0 spiro atoms. The fraction of sp³-hybridized carbons (Fsp3) is 0.0698. The van der Waals surface area contributed by atoms with Gasteiger partial charge in [0.2, 0.25) is 0 Å². The molecule has 206 valence electrons. The van der Waals surface area contributed by atoms with E-state index in [4.69, 9.17) is 0 Å². The van der Waals surface area contributed by atoms with Crippen LogP contribution in [0.15, 0.2) is 140 Å². The molecular weight excluding hydrogens is 530 g/mol. The molecule has 0 unspecified atom stereocenters. The molecule has 0 saturated carbocycles. The smallest absolute Gasteiger partial charge is 0.0547 e. The van der Waals surface area contributed by atoms with E-state index in [1.54, 1.807) is 0 Å². The summed E-state index contributed by atoms with van der Waals surface area (Å²) in [6, 6.07) is 52.2. The van der Waals surface area contributed by atoms with Gasteiger partial charge in [0.25, 0.3) is 0 Å². The highest BCUT2D eigenvalue weighted by atomic mass is 15.0. The maximum absolute atomic E-state index is 2.48. The number of aromatic nitrogens is 1. The Hall–Kier alpha value is -5.40. The Morgan fingerprint density at radius 2 is 1.11 bits per heavy atom. The van der Waals surface area contributed by atoms with Gasteiger partial charge in [0.15, 0.2) is 0 Å². The minimum Gasteiger partial charge on any atom is -0.309 e. The zero-order valence-corrected chi connectivity index (χ0v) is 24.7. The summed E-state index contributed by atoms with van der Waals surface area (Å²) >= 11 is 0. The molecule has 8 aromatic carbocycles. The first-order chi connectivity index (χ1) is 21.6. The predicted molar refractivity (Wildman–Crippen MR) is 187 cm³/mol. The van der Waals surface area contributed by atoms with Crippen molar-refractivity contribution in [2.24, 2.45) is 0 Å². The van der Waals surface area contributed by atoms with Crippen molar-refractivity contribution in [3.05, 3.63) is 151 Å². The lowest BCUT2D eigenvalue weighted by Gasteiger charge is -2.21. The minimum absolute atomic E-state index is 0.0506. The van der Waals surface area contributed by atoms with Gasteiger partial charge in [-0.3, -0.25) is 0 Å². The second kappa shape index (κ2) is 8.36. The summed E-state index contributed by atoms with van der Waals surface area (Å²) < 4.78 is 2.48. The molecule has 1 nitrogen and oxygen atoms in total. The quantitative estimate of drug-likeness (QED) is 0.186. The molecule has 44 heavy (non-hydrogen) atoms. The lowest BCUT2D eigenvalue weighted by Crippen LogP contribution is -2.14. The van der Waals surface area contributed by atoms with Crippen LogP contribution in [0.2, 0.25) is 0 Å². The summed E-state index contributed by atoms with van der Waals surface area (Å²) in [6.07, 6.45) is 0. The third-order valence-corrected chi connectivity index (χ3v) is 10.3. The molecule has 1 heterocycles. The van der Waals surface area contributed by atoms with E-state index >= 15 is 0 Å². The van der Waals surface area contributed by atoms with E-state index in [0.29, 0.717) is 0 Å². The van der Waals surface area contributed by atoms with Crippen molar-refractivity contribution in [3.8, 4) is 27.9 Å². The van der Waals surface area contributed by atoms with Crippen LogP contribution in [0.5, 0.6) is 0 Å². The van der Waals surface area contributed by atoms with Crippen LogP contribution in [0.1, 0.15) is 25.0 Å². The fourth-order valence-electron chi connectivity index (χ4n) is 8.22. The Morgan fingerprint density at radius 1 is 0.432 bits per heavy atom. The molecule has 10 rings (SSSR count). The molecule has 1 heteroatoms. The Morgan fingerprint density at radius 3 is 1.95 bits per heavy atom. The lowest BCUT2D eigenvalue weighted by molar-refractivity contribution is 0.661. The summed E-state index contributed by atoms with van der Waals surface area (Å²) in [5.41, 5.74) is 11.7. The number of hydrogen-bond donors (Lipinski definition) is 0. The summed E-state index contributed by atoms with van der Waals surface area (Å²) in [6.45, 7) is 4.73. The first kappa shape index (κ1) is 24.1. The van der Waals surface area contributed by atoms with E-state index in [9.17, 15) is 0 Å². The number of para-hydroxylation sites is 1. The van der Waals surface area contributed by atoms with Gasteiger partial charge in [0, 0.05) is 21.9 Å². The third kappa shape index (κ3) is 3.04. The Labute approximate surface area is 255 Å². The van der Waals surface area contributed by atoms with Gasteiger partial charge in [0.1, 0.15) is 0 Å². The average molecular weight is 560 g/mol. The number of benzene rings is 8. The van der Waals surface area contributed by atoms with Crippen molar-refractivity contribution < 1.29 is 0 Å². The summed E-state index contributed by atoms with van der Waals surface area (Å²) in [4.78, 5) is 0. The molecule has 0 amide bonds. The van der Waals surface area contributed by atoms with E-state index in [1.807, 2.05) is 0 Å². The normalized spacial score (nSPS) is 13.9. The van der Waals surface area contributed by atoms with Gasteiger partial charge in [-0.05, 0) is 96.0 Å². The first-order valence-electron chi connectivity index (χ1n) is 15.5. The van der Waals surface area contributed by atoms with Crippen LogP contribution < -0.4 is 0 Å². The highest BCUT2D eigenvalue weighted by Gasteiger charge is 2.36. The predicted octanol–water partition coefficient (Wildman–Crippen LogP) is 11.7. The monoisotopic (exact) mass is 559 g/mol. The van der Waals surface area contributed by atoms with Crippen LogP contribution in [-0.2, 0) is 5.41 Å². The maximum atomic E-state index is 2.48. The first-order valence-corrected chi connectivity index (χ1v) is 15.5. The second-order valence-corrected chi connectivity index (χ2v) is 13.0. The molecule has 1 aliphatic rings. The van der Waals surface area contributed by atoms with Crippen LogP contribution in [0.25, 0.3) is 82.1 Å². The molecule has 0 atom stereocenters. The van der Waals surface area contributed by atoms with E-state index < -0.39 is 0 Å². The summed E-state index contributed by atoms with van der Waals surface area (Å²) in [5.74, 6) is 0. The fourth-order valence-corrected chi connectivity index (χ4v) is 8.22. The molecule has 9 aromatic rings. The van der Waals surface area contributed by atoms with Gasteiger partial charge in [-0.1, -0.05) is 123 Å². The van der Waals surface area contributed by atoms with Crippen molar-refractivity contribution in [3.63, 3.8) is 0 Å². The van der Waals surface area contributed by atoms with Crippen LogP contribution >= 0.6 is 0 Å². The highest BCUT2D eigenvalue weighted by Crippen LogP contribution is 2.51. The maximum Gasteiger partial charge on any atom is 0.0547 e. The largest absolute Gasteiger partial charge is 0.309 e. The van der Waals surface area contributed by atoms with E-state index in [1.165, 1.54) is 93.2 Å². The molecule has 0 saturated heterocycles. The number of fused-ring (bicyclic) bond motifs is 6. The highest BCUT2D eigenvalue weighted by molar-refractivity contribution is 6.25. The molecule has 0 radical (unpaired) electrons. The minimum atomic E-state index is -0.0506. The van der Waals surface area contributed by atoms with Gasteiger partial charge in [-0.25, -0.2) is 0 Å². The zero-order valence-electron chi connectivity index (χ0n) is 24.7. The van der Waals surface area contributed by atoms with Crippen molar-refractivity contribution in [1.82, 2.24) is 4.57 Å². The number of hydrogen-bond acceptors (Lipinski definition) is 0. The van der Waals surface area contributed by atoms with Crippen molar-refractivity contribution in [2.75, 3.05) is 0 Å². The van der Waals surface area contributed by atoms with Gasteiger partial charge in [0.05, 0.1) is 11.0 Å². The van der Waals surface area contributed by atoms with Gasteiger partial charge < -0.3 is 4.57 Å². The topological polar surface area (TPSA) is 4.93 Å². The van der Waals surface area contributed by atoms with Crippen LogP contribution in [0.4, 0.5) is 0 Å². The van der Waals surface area contributed by atoms with E-state index in [2.05, 4.69) is 158 Å². The number of nitrogens with zero attached hydrogens (tertiary/aromatic N) is 1. The zero-order chi connectivity index (χ0) is 29.2. The van der Waals surface area contributed by atoms with Crippen LogP contribution in [0, 0.1) is 0 Å². The number of rotatable bonds is 2. The lowest BCUT2D eigenvalue weighted by atomic mass is 9.82. The standard InChI is InChI=1S/C43H29N/c1-43(2)37-14-7-6-13-32(37)35-24-36-33-21-19-29(23-39(33)44(40(36)25-38(35)43)30-11-4-3-5-12-30)31-20-17-28-16-15-26-9-8-10-27-18-22-34(31)42(28)41(26)27/h3-25H,1-2H3. The van der Waals surface area contributed by atoms with Crippen molar-refractivity contribution >= 4 is 54.1 Å². The summed E-state index contributed by atoms with van der Waals surface area (Å²) in [5, 5.41) is 10.5. The van der Waals surface area contributed by atoms with E-state index in [-0.39, 0.29) is 5.41 Å². The van der Waals surface area contributed by atoms with Gasteiger partial charge >= 0.3 is 0 Å². The van der Waals surface area contributed by atoms with Crippen LogP contribution in [-0.4, -0.2) is 4.57 Å². The molecular formula is C43H29N. The molecule has 0 N–H and O–H groups in total. The Balaban J connectivity index is 1.29. The van der Waals surface area contributed by atoms with E-state index in [0.717, 1.165) is 0 Å². The van der Waals surface area contributed by atoms with Gasteiger partial charge in [-0.2, -0.15) is 0 Å². The molecule has 0 bridgehead atoms. The molecule has 1 aliphatic carbocycles. The second-order valence-electron chi connectivity index (χ2n) is 13.0. The molecule has 0 fully saturated rings. The third-order valence-electron chi connectivity index (χ3n) is 10.3. The van der Waals surface area contributed by atoms with Crippen LogP contribution in [0.3, 0.4) is 0 Å². The SMILES string of the molecule is CC1(C)c2ccccc2-c2cc3c4ccc(-c5ccc6ccc7cccc8ccc5c6c78)cc4n(-c4ccccc4)c3cc21. The summed E-state index contributed by atoms with van der Waals surface area (Å²) in [7, 11) is 0. The Bertz CT molecular complexity index is 2600.